The number of hydrogen-bond acceptors (Lipinski definition) is 4. The fourth-order valence-electron chi connectivity index (χ4n) is 3.37. The molecule has 1 aliphatic heterocycles. The highest BCUT2D eigenvalue weighted by Crippen LogP contribution is 2.23. The molecule has 0 spiro atoms. The number of hydrogen-bond donors (Lipinski definition) is 3. The first-order valence-corrected chi connectivity index (χ1v) is 9.34. The number of piperidine rings is 1. The molecule has 1 fully saturated rings. The van der Waals surface area contributed by atoms with Crippen molar-refractivity contribution in [1.29, 1.82) is 0 Å². The standard InChI is InChI=1S/C19H20ClN5O2/c20-14-3-1-12(2-4-14)10-22-19(27)15-11-23-25-17(26)9-16(24-18(15)25)13-5-7-21-8-6-13/h1-4,9,11,13,21,23H,5-8,10H2,(H,22,27). The Kier molecular flexibility index (Phi) is 4.96. The zero-order valence-electron chi connectivity index (χ0n) is 14.7. The molecule has 3 aromatic rings. The van der Waals surface area contributed by atoms with Crippen molar-refractivity contribution in [3.63, 3.8) is 0 Å². The second-order valence-corrected chi connectivity index (χ2v) is 7.14. The van der Waals surface area contributed by atoms with Crippen LogP contribution in [-0.2, 0) is 6.54 Å². The van der Waals surface area contributed by atoms with E-state index in [1.807, 2.05) is 12.1 Å². The molecule has 1 amide bonds. The number of carbonyl (C=O) groups excluding carboxylic acids is 1. The maximum atomic E-state index is 12.6. The van der Waals surface area contributed by atoms with Crippen LogP contribution in [0.1, 0.15) is 40.4 Å². The molecule has 27 heavy (non-hydrogen) atoms. The van der Waals surface area contributed by atoms with Crippen LogP contribution in [0.15, 0.2) is 41.3 Å². The van der Waals surface area contributed by atoms with Crippen LogP contribution in [0.25, 0.3) is 5.65 Å². The molecule has 0 unspecified atom stereocenters. The minimum atomic E-state index is -0.280. The number of rotatable bonds is 4. The van der Waals surface area contributed by atoms with Crippen molar-refractivity contribution >= 4 is 23.2 Å². The summed E-state index contributed by atoms with van der Waals surface area (Å²) in [4.78, 5) is 29.7. The van der Waals surface area contributed by atoms with Crippen LogP contribution in [0.3, 0.4) is 0 Å². The zero-order chi connectivity index (χ0) is 18.8. The molecule has 1 aliphatic rings. The highest BCUT2D eigenvalue weighted by atomic mass is 35.5. The predicted molar refractivity (Wildman–Crippen MR) is 103 cm³/mol. The van der Waals surface area contributed by atoms with Crippen molar-refractivity contribution in [2.75, 3.05) is 13.1 Å². The van der Waals surface area contributed by atoms with E-state index < -0.39 is 0 Å². The van der Waals surface area contributed by atoms with Crippen molar-refractivity contribution in [2.45, 2.75) is 25.3 Å². The summed E-state index contributed by atoms with van der Waals surface area (Å²) >= 11 is 5.88. The fraction of sp³-hybridized carbons (Fsp3) is 0.316. The minimum Gasteiger partial charge on any atom is -0.348 e. The lowest BCUT2D eigenvalue weighted by molar-refractivity contribution is 0.0952. The summed E-state index contributed by atoms with van der Waals surface area (Å²) in [5.41, 5.74) is 2.22. The van der Waals surface area contributed by atoms with E-state index in [2.05, 4.69) is 20.7 Å². The van der Waals surface area contributed by atoms with Crippen molar-refractivity contribution in [1.82, 2.24) is 25.2 Å². The van der Waals surface area contributed by atoms with Gasteiger partial charge in [-0.3, -0.25) is 14.7 Å². The third-order valence-electron chi connectivity index (χ3n) is 4.89. The monoisotopic (exact) mass is 385 g/mol. The van der Waals surface area contributed by atoms with Crippen LogP contribution in [0.5, 0.6) is 0 Å². The van der Waals surface area contributed by atoms with Crippen LogP contribution in [-0.4, -0.2) is 33.6 Å². The lowest BCUT2D eigenvalue weighted by Gasteiger charge is -2.21. The van der Waals surface area contributed by atoms with Crippen molar-refractivity contribution in [3.8, 4) is 0 Å². The van der Waals surface area contributed by atoms with Gasteiger partial charge in [-0.25, -0.2) is 9.50 Å². The molecule has 1 saturated heterocycles. The lowest BCUT2D eigenvalue weighted by atomic mass is 9.94. The molecule has 0 aliphatic carbocycles. The Balaban J connectivity index is 1.59. The first-order chi connectivity index (χ1) is 13.1. The molecule has 0 atom stereocenters. The van der Waals surface area contributed by atoms with Crippen LogP contribution in [0, 0.1) is 0 Å². The number of aromatic amines is 1. The van der Waals surface area contributed by atoms with Gasteiger partial charge in [0, 0.05) is 29.7 Å². The number of fused-ring (bicyclic) bond motifs is 1. The summed E-state index contributed by atoms with van der Waals surface area (Å²) in [6.07, 6.45) is 3.39. The van der Waals surface area contributed by atoms with E-state index in [4.69, 9.17) is 11.6 Å². The predicted octanol–water partition coefficient (Wildman–Crippen LogP) is 2.07. The number of benzene rings is 1. The Morgan fingerprint density at radius 2 is 2.00 bits per heavy atom. The summed E-state index contributed by atoms with van der Waals surface area (Å²) in [6, 6.07) is 8.84. The molecule has 2 aromatic heterocycles. The summed E-state index contributed by atoms with van der Waals surface area (Å²) in [6.45, 7) is 2.19. The SMILES string of the molecule is O=C(NCc1ccc(Cl)cc1)c1c[nH]n2c(=O)cc(C3CCNCC3)nc12. The van der Waals surface area contributed by atoms with Crippen LogP contribution < -0.4 is 16.2 Å². The molecule has 0 saturated carbocycles. The number of H-pyrrole nitrogens is 1. The van der Waals surface area contributed by atoms with E-state index in [1.165, 1.54) is 10.7 Å². The van der Waals surface area contributed by atoms with Crippen molar-refractivity contribution < 1.29 is 4.79 Å². The van der Waals surface area contributed by atoms with Gasteiger partial charge in [-0.1, -0.05) is 23.7 Å². The maximum absolute atomic E-state index is 12.6. The third kappa shape index (κ3) is 3.74. The Morgan fingerprint density at radius 1 is 1.26 bits per heavy atom. The number of aromatic nitrogens is 3. The molecule has 0 radical (unpaired) electrons. The van der Waals surface area contributed by atoms with E-state index in [-0.39, 0.29) is 17.4 Å². The second-order valence-electron chi connectivity index (χ2n) is 6.70. The van der Waals surface area contributed by atoms with Gasteiger partial charge >= 0.3 is 0 Å². The van der Waals surface area contributed by atoms with Gasteiger partial charge < -0.3 is 10.6 Å². The maximum Gasteiger partial charge on any atom is 0.272 e. The molecule has 0 bridgehead atoms. The van der Waals surface area contributed by atoms with Crippen molar-refractivity contribution in [3.05, 3.63) is 68.7 Å². The fourth-order valence-corrected chi connectivity index (χ4v) is 3.50. The Labute approximate surface area is 160 Å². The second kappa shape index (κ2) is 7.54. The molecular weight excluding hydrogens is 366 g/mol. The van der Waals surface area contributed by atoms with E-state index in [9.17, 15) is 9.59 Å². The Morgan fingerprint density at radius 3 is 2.74 bits per heavy atom. The molecule has 3 heterocycles. The number of nitrogens with zero attached hydrogens (tertiary/aromatic N) is 2. The number of nitrogens with one attached hydrogen (secondary N) is 3. The highest BCUT2D eigenvalue weighted by Gasteiger charge is 2.21. The number of amides is 1. The van der Waals surface area contributed by atoms with E-state index in [0.717, 1.165) is 37.2 Å². The Bertz CT molecular complexity index is 1020. The van der Waals surface area contributed by atoms with Crippen molar-refractivity contribution in [2.24, 2.45) is 0 Å². The van der Waals surface area contributed by atoms with E-state index in [0.29, 0.717) is 22.8 Å². The first-order valence-electron chi connectivity index (χ1n) is 8.96. The average molecular weight is 386 g/mol. The molecule has 4 rings (SSSR count). The summed E-state index contributed by atoms with van der Waals surface area (Å²) < 4.78 is 1.31. The normalized spacial score (nSPS) is 15.1. The van der Waals surface area contributed by atoms with Gasteiger partial charge in [0.1, 0.15) is 5.56 Å². The Hall–Kier alpha value is -2.64. The quantitative estimate of drug-likeness (QED) is 0.641. The lowest BCUT2D eigenvalue weighted by Crippen LogP contribution is -2.28. The smallest absolute Gasteiger partial charge is 0.272 e. The van der Waals surface area contributed by atoms with Gasteiger partial charge in [0.15, 0.2) is 5.65 Å². The van der Waals surface area contributed by atoms with Gasteiger partial charge in [0.25, 0.3) is 11.5 Å². The van der Waals surface area contributed by atoms with Gasteiger partial charge in [0.05, 0.1) is 5.69 Å². The molecular formula is C19H20ClN5O2. The van der Waals surface area contributed by atoms with Crippen LogP contribution >= 0.6 is 11.6 Å². The largest absolute Gasteiger partial charge is 0.348 e. The van der Waals surface area contributed by atoms with Gasteiger partial charge in [-0.2, -0.15) is 0 Å². The molecule has 8 heteroatoms. The van der Waals surface area contributed by atoms with Crippen LogP contribution in [0.4, 0.5) is 0 Å². The van der Waals surface area contributed by atoms with Gasteiger partial charge in [0.2, 0.25) is 0 Å². The summed E-state index contributed by atoms with van der Waals surface area (Å²) in [7, 11) is 0. The molecule has 1 aromatic carbocycles. The van der Waals surface area contributed by atoms with E-state index >= 15 is 0 Å². The topological polar surface area (TPSA) is 91.3 Å². The third-order valence-corrected chi connectivity index (χ3v) is 5.14. The summed E-state index contributed by atoms with van der Waals surface area (Å²) in [5.74, 6) is -0.0399. The van der Waals surface area contributed by atoms with Crippen LogP contribution in [0.2, 0.25) is 5.02 Å². The molecule has 7 nitrogen and oxygen atoms in total. The summed E-state index contributed by atoms with van der Waals surface area (Å²) in [5, 5.41) is 9.64. The number of carbonyl (C=O) groups is 1. The molecule has 3 N–H and O–H groups in total. The minimum absolute atomic E-state index is 0.203. The van der Waals surface area contributed by atoms with Gasteiger partial charge in [-0.05, 0) is 43.6 Å². The van der Waals surface area contributed by atoms with E-state index in [1.54, 1.807) is 18.2 Å². The van der Waals surface area contributed by atoms with Gasteiger partial charge in [-0.15, -0.1) is 0 Å². The molecule has 140 valence electrons. The number of halogens is 1. The average Bonchev–Trinajstić information content (AvgIpc) is 3.13. The zero-order valence-corrected chi connectivity index (χ0v) is 15.4. The first kappa shape index (κ1) is 17.8. The highest BCUT2D eigenvalue weighted by molar-refractivity contribution is 6.30.